The summed E-state index contributed by atoms with van der Waals surface area (Å²) in [5.74, 6) is -0.611. The lowest BCUT2D eigenvalue weighted by Gasteiger charge is -2.11. The summed E-state index contributed by atoms with van der Waals surface area (Å²) in [7, 11) is -3.20. The van der Waals surface area contributed by atoms with Crippen LogP contribution in [0.5, 0.6) is 11.5 Å². The predicted octanol–water partition coefficient (Wildman–Crippen LogP) is 4.86. The number of nitrogens with one attached hydrogen (secondary N) is 2. The van der Waals surface area contributed by atoms with Gasteiger partial charge in [0.15, 0.2) is 15.6 Å². The summed E-state index contributed by atoms with van der Waals surface area (Å²) in [6, 6.07) is 23.8. The van der Waals surface area contributed by atoms with Crippen molar-refractivity contribution in [2.75, 3.05) is 37.8 Å². The van der Waals surface area contributed by atoms with Crippen LogP contribution in [0.3, 0.4) is 0 Å². The molecule has 0 aliphatic heterocycles. The zero-order valence-electron chi connectivity index (χ0n) is 24.1. The highest BCUT2D eigenvalue weighted by molar-refractivity contribution is 7.91. The molecule has 4 aromatic carbocycles. The fourth-order valence-electron chi connectivity index (χ4n) is 4.91. The Morgan fingerprint density at radius 1 is 0.886 bits per heavy atom. The maximum atomic E-state index is 13.0. The number of phenolic OH excluding ortho intramolecular Hbond substituents is 1. The van der Waals surface area contributed by atoms with Gasteiger partial charge in [-0.1, -0.05) is 78.1 Å². The Morgan fingerprint density at radius 2 is 1.68 bits per heavy atom. The number of aromatic hydroxyl groups is 1. The Balaban J connectivity index is 1.08. The van der Waals surface area contributed by atoms with Crippen LogP contribution in [0.2, 0.25) is 0 Å². The number of hydrogen-bond acceptors (Lipinski definition) is 9. The maximum absolute atomic E-state index is 13.0. The number of H-pyrrole nitrogens is 1. The second-order valence-electron chi connectivity index (χ2n) is 10.4. The lowest BCUT2D eigenvalue weighted by atomic mass is 10.1. The van der Waals surface area contributed by atoms with E-state index < -0.39 is 15.8 Å². The highest BCUT2D eigenvalue weighted by atomic mass is 32.2. The van der Waals surface area contributed by atoms with Crippen molar-refractivity contribution in [1.82, 2.24) is 10.3 Å². The van der Waals surface area contributed by atoms with Crippen LogP contribution >= 0.6 is 11.3 Å². The fraction of sp³-hybridized carbons (Fsp3) is 0.273. The van der Waals surface area contributed by atoms with E-state index in [0.29, 0.717) is 48.1 Å². The third-order valence-corrected chi connectivity index (χ3v) is 9.90. The van der Waals surface area contributed by atoms with E-state index in [1.807, 2.05) is 42.5 Å². The highest BCUT2D eigenvalue weighted by Gasteiger charge is 2.19. The first-order valence-electron chi connectivity index (χ1n) is 14.4. The maximum Gasteiger partial charge on any atom is 0.347 e. The second kappa shape index (κ2) is 14.6. The van der Waals surface area contributed by atoms with Gasteiger partial charge in [0.1, 0.15) is 16.8 Å². The van der Waals surface area contributed by atoms with Crippen LogP contribution in [0, 0.1) is 0 Å². The monoisotopic (exact) mass is 634 g/mol. The number of ether oxygens (including phenoxy) is 2. The first-order valence-corrected chi connectivity index (χ1v) is 17.0. The molecule has 3 N–H and O–H groups in total. The minimum atomic E-state index is -3.20. The smallest absolute Gasteiger partial charge is 0.347 e. The SMILES string of the molecule is O=C(Oc1ccc(CCNCCCS(=O)(=O)CCOCCc2ccccc2)c2sc(=O)[nH]c12)c1ccc2ccccc2c1O. The third-order valence-electron chi connectivity index (χ3n) is 7.24. The number of hydrogen-bond donors (Lipinski definition) is 3. The van der Waals surface area contributed by atoms with Gasteiger partial charge in [0, 0.05) is 5.39 Å². The lowest BCUT2D eigenvalue weighted by Crippen LogP contribution is -2.23. The molecule has 0 saturated heterocycles. The first kappa shape index (κ1) is 31.4. The van der Waals surface area contributed by atoms with Crippen LogP contribution < -0.4 is 14.9 Å². The molecule has 0 unspecified atom stereocenters. The van der Waals surface area contributed by atoms with Crippen LogP contribution in [-0.4, -0.2) is 62.3 Å². The van der Waals surface area contributed by atoms with Gasteiger partial charge in [0.05, 0.1) is 29.4 Å². The molecule has 0 bridgehead atoms. The zero-order valence-corrected chi connectivity index (χ0v) is 25.7. The van der Waals surface area contributed by atoms with Gasteiger partial charge < -0.3 is 24.9 Å². The normalized spacial score (nSPS) is 11.7. The molecule has 1 aromatic heterocycles. The number of aromatic nitrogens is 1. The van der Waals surface area contributed by atoms with Crippen LogP contribution in [0.1, 0.15) is 27.9 Å². The number of aromatic amines is 1. The molecular weight excluding hydrogens is 601 g/mol. The average Bonchev–Trinajstić information content (AvgIpc) is 3.42. The molecule has 11 heteroatoms. The number of carbonyl (C=O) groups is 1. The van der Waals surface area contributed by atoms with Crippen molar-refractivity contribution in [2.45, 2.75) is 19.3 Å². The van der Waals surface area contributed by atoms with E-state index in [1.54, 1.807) is 30.3 Å². The molecule has 230 valence electrons. The zero-order chi connectivity index (χ0) is 30.9. The molecular formula is C33H34N2O7S2. The summed E-state index contributed by atoms with van der Waals surface area (Å²) in [6.07, 6.45) is 1.82. The van der Waals surface area contributed by atoms with Gasteiger partial charge in [-0.15, -0.1) is 0 Å². The molecule has 1 heterocycles. The fourth-order valence-corrected chi connectivity index (χ4v) is 6.96. The van der Waals surface area contributed by atoms with Crippen molar-refractivity contribution in [3.05, 3.63) is 105 Å². The predicted molar refractivity (Wildman–Crippen MR) is 174 cm³/mol. The number of carbonyl (C=O) groups excluding carboxylic acids is 1. The summed E-state index contributed by atoms with van der Waals surface area (Å²) in [4.78, 5) is 27.7. The molecule has 5 rings (SSSR count). The number of esters is 1. The van der Waals surface area contributed by atoms with Crippen LogP contribution in [0.25, 0.3) is 21.0 Å². The molecule has 0 amide bonds. The molecule has 0 saturated carbocycles. The van der Waals surface area contributed by atoms with Crippen molar-refractivity contribution < 1.29 is 27.8 Å². The van der Waals surface area contributed by atoms with E-state index in [9.17, 15) is 23.1 Å². The first-order chi connectivity index (χ1) is 21.3. The van der Waals surface area contributed by atoms with Gasteiger partial charge in [-0.3, -0.25) is 4.79 Å². The van der Waals surface area contributed by atoms with E-state index in [0.717, 1.165) is 34.3 Å². The van der Waals surface area contributed by atoms with Crippen molar-refractivity contribution in [1.29, 1.82) is 0 Å². The van der Waals surface area contributed by atoms with E-state index in [4.69, 9.17) is 9.47 Å². The Kier molecular flexibility index (Phi) is 10.4. The summed E-state index contributed by atoms with van der Waals surface area (Å²) < 4.78 is 36.5. The van der Waals surface area contributed by atoms with E-state index >= 15 is 0 Å². The molecule has 0 radical (unpaired) electrons. The third kappa shape index (κ3) is 8.11. The second-order valence-corrected chi connectivity index (χ2v) is 13.7. The van der Waals surface area contributed by atoms with Crippen LogP contribution in [0.4, 0.5) is 0 Å². The van der Waals surface area contributed by atoms with Gasteiger partial charge in [-0.05, 0) is 61.0 Å². The van der Waals surface area contributed by atoms with E-state index in [1.165, 1.54) is 6.07 Å². The number of fused-ring (bicyclic) bond motifs is 2. The summed E-state index contributed by atoms with van der Waals surface area (Å²) in [5.41, 5.74) is 2.50. The Morgan fingerprint density at radius 3 is 2.52 bits per heavy atom. The number of rotatable bonds is 15. The molecule has 0 atom stereocenters. The lowest BCUT2D eigenvalue weighted by molar-refractivity contribution is 0.0734. The van der Waals surface area contributed by atoms with Gasteiger partial charge in [0.2, 0.25) is 0 Å². The minimum absolute atomic E-state index is 0.00355. The number of phenols is 1. The topological polar surface area (TPSA) is 135 Å². The van der Waals surface area contributed by atoms with Gasteiger partial charge in [-0.2, -0.15) is 0 Å². The average molecular weight is 635 g/mol. The Bertz CT molecular complexity index is 1900. The molecule has 0 spiro atoms. The molecule has 44 heavy (non-hydrogen) atoms. The summed E-state index contributed by atoms with van der Waals surface area (Å²) >= 11 is 1.03. The standard InChI is InChI=1S/C33H34N2O7S2/c36-30-26-10-5-4-9-24(26)11-13-27(30)32(37)42-28-14-12-25(31-29(28)35-33(38)43-31)15-18-34-17-6-21-44(39,40)22-20-41-19-16-23-7-2-1-3-8-23/h1-5,7-14,34,36H,6,15-22H2,(H,35,38). The molecule has 0 aliphatic carbocycles. The van der Waals surface area contributed by atoms with Gasteiger partial charge >= 0.3 is 10.8 Å². The number of sulfone groups is 1. The molecule has 0 fully saturated rings. The van der Waals surface area contributed by atoms with E-state index in [-0.39, 0.29) is 40.0 Å². The van der Waals surface area contributed by atoms with Gasteiger partial charge in [0.25, 0.3) is 0 Å². The molecule has 5 aromatic rings. The van der Waals surface area contributed by atoms with Crippen LogP contribution in [0.15, 0.2) is 83.7 Å². The van der Waals surface area contributed by atoms with Crippen molar-refractivity contribution in [3.8, 4) is 11.5 Å². The Hall–Kier alpha value is -4.03. The molecule has 0 aliphatic rings. The largest absolute Gasteiger partial charge is 0.506 e. The molecule has 9 nitrogen and oxygen atoms in total. The van der Waals surface area contributed by atoms with Crippen LogP contribution in [-0.2, 0) is 27.4 Å². The number of thiazole rings is 1. The van der Waals surface area contributed by atoms with Crippen molar-refractivity contribution in [3.63, 3.8) is 0 Å². The van der Waals surface area contributed by atoms with Crippen molar-refractivity contribution in [2.24, 2.45) is 0 Å². The number of benzene rings is 4. The highest BCUT2D eigenvalue weighted by Crippen LogP contribution is 2.32. The quantitative estimate of drug-likeness (QED) is 0.0844. The van der Waals surface area contributed by atoms with Gasteiger partial charge in [-0.25, -0.2) is 13.2 Å². The summed E-state index contributed by atoms with van der Waals surface area (Å²) in [6.45, 7) is 1.79. The van der Waals surface area contributed by atoms with E-state index in [2.05, 4.69) is 10.3 Å². The minimum Gasteiger partial charge on any atom is -0.506 e. The summed E-state index contributed by atoms with van der Waals surface area (Å²) in [5, 5.41) is 15.3. The van der Waals surface area contributed by atoms with Crippen molar-refractivity contribution >= 4 is 48.1 Å². The Labute approximate surface area is 259 Å².